The van der Waals surface area contributed by atoms with Gasteiger partial charge >= 0.3 is 0 Å². The molecule has 0 bridgehead atoms. The minimum atomic E-state index is -0.534. The number of hydrogen-bond donors (Lipinski definition) is 0. The summed E-state index contributed by atoms with van der Waals surface area (Å²) in [5.74, 6) is 0.580. The van der Waals surface area contributed by atoms with E-state index in [0.29, 0.717) is 23.4 Å². The van der Waals surface area contributed by atoms with Crippen molar-refractivity contribution in [1.82, 2.24) is 9.78 Å². The van der Waals surface area contributed by atoms with Crippen molar-refractivity contribution in [2.45, 2.75) is 26.8 Å². The van der Waals surface area contributed by atoms with Crippen molar-refractivity contribution in [3.8, 4) is 11.8 Å². The highest BCUT2D eigenvalue weighted by molar-refractivity contribution is 5.96. The SMILES string of the molecule is Cc1nn(CC(=O)c2ccc3c(c2)CCO3)c(=O)c(C#N)c1C. The minimum absolute atomic E-state index is 0.0349. The molecule has 23 heavy (non-hydrogen) atoms. The van der Waals surface area contributed by atoms with Crippen LogP contribution >= 0.6 is 0 Å². The summed E-state index contributed by atoms with van der Waals surface area (Å²) in [6.45, 7) is 3.82. The topological polar surface area (TPSA) is 85.0 Å². The van der Waals surface area contributed by atoms with Crippen LogP contribution in [0.3, 0.4) is 0 Å². The summed E-state index contributed by atoms with van der Waals surface area (Å²) in [6, 6.07) is 7.14. The number of benzene rings is 1. The van der Waals surface area contributed by atoms with E-state index in [1.54, 1.807) is 32.0 Å². The first-order valence-electron chi connectivity index (χ1n) is 7.28. The molecule has 0 aliphatic carbocycles. The number of Topliss-reactive ketones (excluding diaryl/α,β-unsaturated/α-hetero) is 1. The monoisotopic (exact) mass is 309 g/mol. The van der Waals surface area contributed by atoms with E-state index in [-0.39, 0.29) is 17.9 Å². The Labute approximate surface area is 132 Å². The number of fused-ring (bicyclic) bond motifs is 1. The summed E-state index contributed by atoms with van der Waals surface area (Å²) in [6.07, 6.45) is 0.775. The number of ether oxygens (including phenoxy) is 1. The van der Waals surface area contributed by atoms with E-state index in [9.17, 15) is 9.59 Å². The zero-order chi connectivity index (χ0) is 16.6. The van der Waals surface area contributed by atoms with Gasteiger partial charge in [0.1, 0.15) is 23.9 Å². The molecule has 3 rings (SSSR count). The number of aromatic nitrogens is 2. The molecule has 1 aliphatic heterocycles. The molecule has 1 aromatic carbocycles. The van der Waals surface area contributed by atoms with Crippen LogP contribution in [-0.2, 0) is 13.0 Å². The van der Waals surface area contributed by atoms with E-state index in [2.05, 4.69) is 5.10 Å². The normalized spacial score (nSPS) is 12.4. The van der Waals surface area contributed by atoms with E-state index in [1.165, 1.54) is 0 Å². The number of carbonyl (C=O) groups is 1. The first kappa shape index (κ1) is 15.0. The lowest BCUT2D eigenvalue weighted by Gasteiger charge is -2.09. The van der Waals surface area contributed by atoms with Crippen LogP contribution in [-0.4, -0.2) is 22.2 Å². The standard InChI is InChI=1S/C17H15N3O3/c1-10-11(2)19-20(17(22)14(10)8-18)9-15(21)12-3-4-16-13(7-12)5-6-23-16/h3-4,7H,5-6,9H2,1-2H3. The van der Waals surface area contributed by atoms with Gasteiger partial charge in [-0.25, -0.2) is 4.68 Å². The Bertz CT molecular complexity index is 907. The average molecular weight is 309 g/mol. The Balaban J connectivity index is 1.94. The van der Waals surface area contributed by atoms with Crippen molar-refractivity contribution in [1.29, 1.82) is 5.26 Å². The van der Waals surface area contributed by atoms with Crippen molar-refractivity contribution < 1.29 is 9.53 Å². The van der Waals surface area contributed by atoms with E-state index < -0.39 is 5.56 Å². The molecule has 0 saturated carbocycles. The molecule has 0 atom stereocenters. The molecule has 6 heteroatoms. The van der Waals surface area contributed by atoms with Gasteiger partial charge in [0.05, 0.1) is 12.3 Å². The highest BCUT2D eigenvalue weighted by Crippen LogP contribution is 2.26. The van der Waals surface area contributed by atoms with Gasteiger partial charge in [0.25, 0.3) is 5.56 Å². The number of nitrogens with zero attached hydrogens (tertiary/aromatic N) is 3. The third-order valence-corrected chi connectivity index (χ3v) is 4.05. The summed E-state index contributed by atoms with van der Waals surface area (Å²) >= 11 is 0. The Morgan fingerprint density at radius 1 is 1.43 bits per heavy atom. The predicted octanol–water partition coefficient (Wildman–Crippen LogP) is 1.55. The van der Waals surface area contributed by atoms with Crippen LogP contribution in [0.4, 0.5) is 0 Å². The van der Waals surface area contributed by atoms with Crippen LogP contribution in [0.2, 0.25) is 0 Å². The Hall–Kier alpha value is -2.94. The average Bonchev–Trinajstić information content (AvgIpc) is 3.00. The minimum Gasteiger partial charge on any atom is -0.493 e. The molecule has 0 N–H and O–H groups in total. The zero-order valence-corrected chi connectivity index (χ0v) is 12.9. The van der Waals surface area contributed by atoms with E-state index in [0.717, 1.165) is 22.4 Å². The van der Waals surface area contributed by atoms with Gasteiger partial charge in [0, 0.05) is 12.0 Å². The lowest BCUT2D eigenvalue weighted by atomic mass is 10.1. The molecule has 0 saturated heterocycles. The van der Waals surface area contributed by atoms with Crippen molar-refractivity contribution >= 4 is 5.78 Å². The van der Waals surface area contributed by atoms with Crippen molar-refractivity contribution in [2.24, 2.45) is 0 Å². The van der Waals surface area contributed by atoms with Crippen LogP contribution in [0.25, 0.3) is 0 Å². The first-order valence-corrected chi connectivity index (χ1v) is 7.28. The van der Waals surface area contributed by atoms with E-state index in [4.69, 9.17) is 10.00 Å². The van der Waals surface area contributed by atoms with Crippen molar-refractivity contribution in [3.63, 3.8) is 0 Å². The summed E-state index contributed by atoms with van der Waals surface area (Å²) in [7, 11) is 0. The maximum Gasteiger partial charge on any atom is 0.285 e. The molecular weight excluding hydrogens is 294 g/mol. The third-order valence-electron chi connectivity index (χ3n) is 4.05. The number of rotatable bonds is 3. The van der Waals surface area contributed by atoms with Gasteiger partial charge < -0.3 is 4.74 Å². The molecule has 0 unspecified atom stereocenters. The molecule has 1 aliphatic rings. The number of hydrogen-bond acceptors (Lipinski definition) is 5. The highest BCUT2D eigenvalue weighted by Gasteiger charge is 2.17. The van der Waals surface area contributed by atoms with Gasteiger partial charge in [-0.1, -0.05) is 0 Å². The molecule has 1 aromatic heterocycles. The molecule has 2 aromatic rings. The van der Waals surface area contributed by atoms with Crippen LogP contribution in [0.5, 0.6) is 5.75 Å². The lowest BCUT2D eigenvalue weighted by Crippen LogP contribution is -2.30. The van der Waals surface area contributed by atoms with Gasteiger partial charge in [-0.3, -0.25) is 9.59 Å². The smallest absolute Gasteiger partial charge is 0.285 e. The molecule has 0 fully saturated rings. The summed E-state index contributed by atoms with van der Waals surface area (Å²) in [4.78, 5) is 24.7. The predicted molar refractivity (Wildman–Crippen MR) is 82.7 cm³/mol. The first-order chi connectivity index (χ1) is 11.0. The quantitative estimate of drug-likeness (QED) is 0.803. The van der Waals surface area contributed by atoms with Crippen LogP contribution in [0.1, 0.15) is 32.7 Å². The number of aryl methyl sites for hydroxylation is 1. The van der Waals surface area contributed by atoms with Crippen LogP contribution < -0.4 is 10.3 Å². The highest BCUT2D eigenvalue weighted by atomic mass is 16.5. The van der Waals surface area contributed by atoms with Gasteiger partial charge in [0.2, 0.25) is 0 Å². The van der Waals surface area contributed by atoms with Gasteiger partial charge in [-0.15, -0.1) is 0 Å². The third kappa shape index (κ3) is 2.61. The molecule has 0 spiro atoms. The number of ketones is 1. The van der Waals surface area contributed by atoms with Gasteiger partial charge in [0.15, 0.2) is 5.78 Å². The molecule has 2 heterocycles. The zero-order valence-electron chi connectivity index (χ0n) is 12.9. The largest absolute Gasteiger partial charge is 0.493 e. The second-order valence-corrected chi connectivity index (χ2v) is 5.50. The van der Waals surface area contributed by atoms with Crippen LogP contribution in [0, 0.1) is 25.2 Å². The molecule has 0 radical (unpaired) electrons. The fourth-order valence-corrected chi connectivity index (χ4v) is 2.60. The number of carbonyl (C=O) groups excluding carboxylic acids is 1. The van der Waals surface area contributed by atoms with Gasteiger partial charge in [-0.2, -0.15) is 10.4 Å². The molecular formula is C17H15N3O3. The van der Waals surface area contributed by atoms with Crippen molar-refractivity contribution in [3.05, 3.63) is 56.5 Å². The second-order valence-electron chi connectivity index (χ2n) is 5.50. The Morgan fingerprint density at radius 2 is 2.22 bits per heavy atom. The molecule has 116 valence electrons. The maximum absolute atomic E-state index is 12.4. The number of nitriles is 1. The fourth-order valence-electron chi connectivity index (χ4n) is 2.60. The van der Waals surface area contributed by atoms with Gasteiger partial charge in [-0.05, 0) is 43.2 Å². The van der Waals surface area contributed by atoms with Crippen LogP contribution in [0.15, 0.2) is 23.0 Å². The summed E-state index contributed by atoms with van der Waals surface area (Å²) < 4.78 is 6.48. The summed E-state index contributed by atoms with van der Waals surface area (Å²) in [5.41, 5.74) is 2.13. The van der Waals surface area contributed by atoms with E-state index >= 15 is 0 Å². The lowest BCUT2D eigenvalue weighted by molar-refractivity contribution is 0.0965. The fraction of sp³-hybridized carbons (Fsp3) is 0.294. The van der Waals surface area contributed by atoms with Crippen molar-refractivity contribution in [2.75, 3.05) is 6.61 Å². The second kappa shape index (κ2) is 5.69. The molecule has 6 nitrogen and oxygen atoms in total. The maximum atomic E-state index is 12.4. The Morgan fingerprint density at radius 3 is 2.96 bits per heavy atom. The summed E-state index contributed by atoms with van der Waals surface area (Å²) in [5, 5.41) is 13.2. The van der Waals surface area contributed by atoms with E-state index in [1.807, 2.05) is 6.07 Å². The molecule has 0 amide bonds. The Kier molecular flexibility index (Phi) is 3.70.